The second-order valence-corrected chi connectivity index (χ2v) is 8.84. The van der Waals surface area contributed by atoms with Crippen LogP contribution >= 0.6 is 0 Å². The van der Waals surface area contributed by atoms with Gasteiger partial charge in [-0.25, -0.2) is 0 Å². The van der Waals surface area contributed by atoms with E-state index in [-0.39, 0.29) is 15.4 Å². The van der Waals surface area contributed by atoms with Gasteiger partial charge in [0, 0.05) is 34.5 Å². The van der Waals surface area contributed by atoms with E-state index in [2.05, 4.69) is 6.58 Å². The van der Waals surface area contributed by atoms with Crippen LogP contribution in [0, 0.1) is 0 Å². The zero-order valence-electron chi connectivity index (χ0n) is 14.2. The zero-order chi connectivity index (χ0) is 16.6. The summed E-state index contributed by atoms with van der Waals surface area (Å²) in [6.07, 6.45) is 1.11. The van der Waals surface area contributed by atoms with Gasteiger partial charge in [0.05, 0.1) is 9.52 Å². The van der Waals surface area contributed by atoms with Crippen molar-refractivity contribution in [3.05, 3.63) is 12.3 Å². The molecule has 0 aromatic rings. The summed E-state index contributed by atoms with van der Waals surface area (Å²) in [5.41, 5.74) is 6.98. The molecule has 8 heteroatoms. The minimum Gasteiger partial charge on any atom is -0.374 e. The lowest BCUT2D eigenvalue weighted by Gasteiger charge is -2.19. The molecule has 0 radical (unpaired) electrons. The highest BCUT2D eigenvalue weighted by Gasteiger charge is 2.33. The van der Waals surface area contributed by atoms with E-state index in [0.717, 1.165) is 26.2 Å². The maximum absolute atomic E-state index is 5.43. The minimum absolute atomic E-state index is 0.117. The van der Waals surface area contributed by atoms with E-state index in [1.54, 1.807) is 27.0 Å². The highest BCUT2D eigenvalue weighted by Crippen LogP contribution is 2.05. The average molecular weight is 340 g/mol. The largest absolute Gasteiger partial charge is 0.528 e. The molecule has 0 rings (SSSR count). The quantitative estimate of drug-likeness (QED) is 0.323. The maximum Gasteiger partial charge on any atom is 0.528 e. The van der Waals surface area contributed by atoms with Gasteiger partial charge in [0.2, 0.25) is 0 Å². The molecule has 0 bridgehead atoms. The monoisotopic (exact) mass is 339 g/mol. The average Bonchev–Trinajstić information content (AvgIpc) is 2.51. The van der Waals surface area contributed by atoms with Crippen molar-refractivity contribution in [3.63, 3.8) is 0 Å². The van der Waals surface area contributed by atoms with Crippen molar-refractivity contribution < 1.29 is 22.8 Å². The lowest BCUT2D eigenvalue weighted by Crippen LogP contribution is -2.40. The predicted octanol–water partition coefficient (Wildman–Crippen LogP) is 0.869. The molecule has 0 spiro atoms. The second kappa shape index (κ2) is 16.3. The van der Waals surface area contributed by atoms with Crippen molar-refractivity contribution >= 4 is 18.3 Å². The Labute approximate surface area is 133 Å². The van der Waals surface area contributed by atoms with Crippen molar-refractivity contribution in [2.75, 3.05) is 41.1 Å². The van der Waals surface area contributed by atoms with Crippen LogP contribution in [0.2, 0.25) is 6.04 Å². The summed E-state index contributed by atoms with van der Waals surface area (Å²) in [6.45, 7) is 9.83. The van der Waals surface area contributed by atoms with Crippen LogP contribution in [0.25, 0.3) is 0 Å². The maximum atomic E-state index is 5.43. The van der Waals surface area contributed by atoms with Crippen molar-refractivity contribution in [2.45, 2.75) is 32.2 Å². The van der Waals surface area contributed by atoms with E-state index in [1.807, 2.05) is 13.8 Å². The summed E-state index contributed by atoms with van der Waals surface area (Å²) in [5, 5.41) is 0. The molecular weight excluding hydrogens is 306 g/mol. The Morgan fingerprint density at radius 1 is 1.10 bits per heavy atom. The zero-order valence-corrected chi connectivity index (χ0v) is 16.6. The molecular formula is C13H33NO5Si2. The minimum atomic E-state index is -2.43. The van der Waals surface area contributed by atoms with E-state index in [9.17, 15) is 0 Å². The van der Waals surface area contributed by atoms with E-state index < -0.39 is 8.80 Å². The Kier molecular flexibility index (Phi) is 18.0. The predicted molar refractivity (Wildman–Crippen MR) is 91.0 cm³/mol. The molecule has 0 aromatic heterocycles. The molecule has 21 heavy (non-hydrogen) atoms. The van der Waals surface area contributed by atoms with Gasteiger partial charge in [0.1, 0.15) is 5.91 Å². The fourth-order valence-corrected chi connectivity index (χ4v) is 4.26. The molecule has 0 aliphatic heterocycles. The summed E-state index contributed by atoms with van der Waals surface area (Å²) in [6, 6.07) is 1.22. The number of ether oxygens (including phenoxy) is 2. The van der Waals surface area contributed by atoms with Crippen molar-refractivity contribution in [1.29, 1.82) is 0 Å². The van der Waals surface area contributed by atoms with E-state index >= 15 is 0 Å². The van der Waals surface area contributed by atoms with Gasteiger partial charge >= 0.3 is 8.80 Å². The Balaban J connectivity index is 0. The van der Waals surface area contributed by atoms with Gasteiger partial charge in [-0.3, -0.25) is 0 Å². The SMILES string of the molecule is C=C[Si](OC)(OC)OC.CCOC(OCC)[SiH2]CCCN. The van der Waals surface area contributed by atoms with E-state index in [4.69, 9.17) is 28.5 Å². The normalized spacial score (nSPS) is 11.8. The van der Waals surface area contributed by atoms with Gasteiger partial charge in [-0.1, -0.05) is 12.6 Å². The first-order chi connectivity index (χ1) is 10.1. The molecule has 0 atom stereocenters. The fourth-order valence-electron chi connectivity index (χ4n) is 1.54. The topological polar surface area (TPSA) is 72.2 Å². The molecule has 0 heterocycles. The molecule has 0 aliphatic rings. The van der Waals surface area contributed by atoms with Crippen LogP contribution < -0.4 is 5.73 Å². The Bertz CT molecular complexity index is 216. The number of hydrogen-bond donors (Lipinski definition) is 1. The van der Waals surface area contributed by atoms with Crippen LogP contribution in [-0.4, -0.2) is 65.3 Å². The summed E-state index contributed by atoms with van der Waals surface area (Å²) >= 11 is 0. The molecule has 0 saturated carbocycles. The molecule has 2 N–H and O–H groups in total. The molecule has 6 nitrogen and oxygen atoms in total. The smallest absolute Gasteiger partial charge is 0.374 e. The van der Waals surface area contributed by atoms with Gasteiger partial charge in [-0.2, -0.15) is 0 Å². The van der Waals surface area contributed by atoms with Crippen molar-refractivity contribution in [1.82, 2.24) is 0 Å². The lowest BCUT2D eigenvalue weighted by molar-refractivity contribution is -0.0827. The van der Waals surface area contributed by atoms with Gasteiger partial charge in [0.25, 0.3) is 0 Å². The highest BCUT2D eigenvalue weighted by molar-refractivity contribution is 6.66. The van der Waals surface area contributed by atoms with Crippen LogP contribution in [0.5, 0.6) is 0 Å². The Morgan fingerprint density at radius 2 is 1.57 bits per heavy atom. The van der Waals surface area contributed by atoms with Gasteiger partial charge in [-0.15, -0.1) is 0 Å². The molecule has 0 fully saturated rings. The molecule has 0 aliphatic carbocycles. The van der Waals surface area contributed by atoms with Crippen LogP contribution in [0.1, 0.15) is 20.3 Å². The van der Waals surface area contributed by atoms with Crippen LogP contribution in [0.4, 0.5) is 0 Å². The third kappa shape index (κ3) is 12.2. The fraction of sp³-hybridized carbons (Fsp3) is 0.846. The summed E-state index contributed by atoms with van der Waals surface area (Å²) < 4.78 is 25.7. The number of rotatable bonds is 12. The lowest BCUT2D eigenvalue weighted by atomic mass is 10.5. The summed E-state index contributed by atoms with van der Waals surface area (Å²) in [5.74, 6) is 0.117. The summed E-state index contributed by atoms with van der Waals surface area (Å²) in [4.78, 5) is 0. The van der Waals surface area contributed by atoms with E-state index in [0.29, 0.717) is 0 Å². The third-order valence-corrected chi connectivity index (χ3v) is 6.76. The molecule has 0 saturated heterocycles. The van der Waals surface area contributed by atoms with Gasteiger partial charge in [-0.05, 0) is 32.5 Å². The van der Waals surface area contributed by atoms with Crippen molar-refractivity contribution in [3.8, 4) is 0 Å². The molecule has 0 aromatic carbocycles. The van der Waals surface area contributed by atoms with Gasteiger partial charge < -0.3 is 28.5 Å². The molecule has 0 unspecified atom stereocenters. The van der Waals surface area contributed by atoms with Crippen molar-refractivity contribution in [2.24, 2.45) is 5.73 Å². The van der Waals surface area contributed by atoms with Crippen LogP contribution in [0.15, 0.2) is 12.3 Å². The van der Waals surface area contributed by atoms with E-state index in [1.165, 1.54) is 6.04 Å². The van der Waals surface area contributed by atoms with Gasteiger partial charge in [0.15, 0.2) is 0 Å². The first-order valence-electron chi connectivity index (χ1n) is 7.31. The molecule has 0 amide bonds. The number of nitrogens with two attached hydrogens (primary N) is 1. The van der Waals surface area contributed by atoms with Crippen LogP contribution in [0.3, 0.4) is 0 Å². The highest BCUT2D eigenvalue weighted by atomic mass is 28.4. The summed E-state index contributed by atoms with van der Waals surface area (Å²) in [7, 11) is 1.97. The second-order valence-electron chi connectivity index (χ2n) is 4.04. The number of hydrogen-bond acceptors (Lipinski definition) is 6. The first kappa shape index (κ1) is 23.2. The third-order valence-electron chi connectivity index (χ3n) is 2.70. The standard InChI is InChI=1S/C8H21NO2Si.C5H12O3Si/c1-3-10-8(11-4-2)12-7-5-6-9;1-5-9(6-2,7-3)8-4/h8H,3-7,9,12H2,1-2H3;5H,1H2,2-4H3. The Hall–Kier alpha value is -0.0662. The Morgan fingerprint density at radius 3 is 1.81 bits per heavy atom. The molecule has 128 valence electrons. The van der Waals surface area contributed by atoms with Crippen LogP contribution in [-0.2, 0) is 22.8 Å². The first-order valence-corrected chi connectivity index (χ1v) is 10.9.